The minimum atomic E-state index is -2.64. The number of unbranched alkanes of at least 4 members (excludes halogenated alkanes) is 2. The molecule has 5 nitrogen and oxygen atoms in total. The van der Waals surface area contributed by atoms with Gasteiger partial charge >= 0.3 is 17.4 Å². The third kappa shape index (κ3) is 5.08. The van der Waals surface area contributed by atoms with Crippen molar-refractivity contribution in [2.75, 3.05) is 35.5 Å². The third-order valence-corrected chi connectivity index (χ3v) is 11.7. The molecular weight excluding hydrogens is 268 g/mol. The van der Waals surface area contributed by atoms with Gasteiger partial charge in [0.2, 0.25) is 0 Å². The van der Waals surface area contributed by atoms with E-state index in [1.54, 1.807) is 35.5 Å². The van der Waals surface area contributed by atoms with E-state index in [2.05, 4.69) is 6.92 Å². The van der Waals surface area contributed by atoms with Gasteiger partial charge in [-0.05, 0) is 6.04 Å². The van der Waals surface area contributed by atoms with Gasteiger partial charge in [0.05, 0.1) is 5.67 Å². The molecule has 0 spiro atoms. The van der Waals surface area contributed by atoms with E-state index in [0.29, 0.717) is 5.67 Å². The average molecular weight is 297 g/mol. The zero-order valence-corrected chi connectivity index (χ0v) is 14.6. The van der Waals surface area contributed by atoms with Crippen LogP contribution in [0.25, 0.3) is 0 Å². The molecule has 0 bridgehead atoms. The lowest BCUT2D eigenvalue weighted by Crippen LogP contribution is -2.54. The second-order valence-electron chi connectivity index (χ2n) is 4.25. The van der Waals surface area contributed by atoms with Gasteiger partial charge in [-0.3, -0.25) is 0 Å². The van der Waals surface area contributed by atoms with Crippen molar-refractivity contribution < 1.29 is 22.1 Å². The fourth-order valence-corrected chi connectivity index (χ4v) is 10.1. The summed E-state index contributed by atoms with van der Waals surface area (Å²) in [5.41, 5.74) is 0.625. The maximum absolute atomic E-state index is 5.71. The minimum Gasteiger partial charge on any atom is -0.398 e. The van der Waals surface area contributed by atoms with Crippen molar-refractivity contribution in [1.29, 1.82) is 0 Å². The predicted octanol–water partition coefficient (Wildman–Crippen LogP) is 2.33. The van der Waals surface area contributed by atoms with Crippen molar-refractivity contribution in [3.63, 3.8) is 0 Å². The van der Waals surface area contributed by atoms with Gasteiger partial charge in [-0.25, -0.2) is 0 Å². The van der Waals surface area contributed by atoms with E-state index >= 15 is 0 Å². The van der Waals surface area contributed by atoms with Crippen molar-refractivity contribution in [2.45, 2.75) is 37.9 Å². The molecule has 0 amide bonds. The van der Waals surface area contributed by atoms with E-state index in [9.17, 15) is 0 Å². The number of hydrogen-bond acceptors (Lipinski definition) is 5. The summed E-state index contributed by atoms with van der Waals surface area (Å²) in [5.74, 6) is 0. The molecule has 0 saturated heterocycles. The van der Waals surface area contributed by atoms with Crippen LogP contribution in [0.4, 0.5) is 0 Å². The Kier molecular flexibility index (Phi) is 9.31. The largest absolute Gasteiger partial charge is 0.502 e. The second-order valence-corrected chi connectivity index (χ2v) is 11.4. The van der Waals surface area contributed by atoms with Gasteiger partial charge in [0, 0.05) is 35.5 Å². The van der Waals surface area contributed by atoms with Crippen LogP contribution in [-0.4, -0.2) is 52.9 Å². The van der Waals surface area contributed by atoms with Crippen molar-refractivity contribution in [3.8, 4) is 0 Å². The summed E-state index contributed by atoms with van der Waals surface area (Å²) >= 11 is 0. The highest BCUT2D eigenvalue weighted by molar-refractivity contribution is 6.83. The summed E-state index contributed by atoms with van der Waals surface area (Å²) in [6, 6.07) is 0.943. The quantitative estimate of drug-likeness (QED) is 0.432. The molecule has 0 atom stereocenters. The molecule has 0 aromatic heterocycles. The molecule has 0 saturated carbocycles. The second kappa shape index (κ2) is 9.19. The van der Waals surface area contributed by atoms with Gasteiger partial charge in [-0.1, -0.05) is 26.2 Å². The Balaban J connectivity index is 4.75. The zero-order valence-electron chi connectivity index (χ0n) is 12.6. The molecule has 0 unspecified atom stereocenters. The SMILES string of the molecule is CCCCC[Si](C[Si](OC)(OC)OC)(OC)OC. The summed E-state index contributed by atoms with van der Waals surface area (Å²) in [6.07, 6.45) is 3.47. The minimum absolute atomic E-state index is 0.625. The first kappa shape index (κ1) is 18.2. The lowest BCUT2D eigenvalue weighted by Gasteiger charge is -2.34. The summed E-state index contributed by atoms with van der Waals surface area (Å²) in [7, 11) is 3.35. The van der Waals surface area contributed by atoms with Crippen molar-refractivity contribution in [1.82, 2.24) is 0 Å². The Morgan fingerprint density at radius 3 is 1.56 bits per heavy atom. The molecule has 0 aliphatic heterocycles. The van der Waals surface area contributed by atoms with Crippen LogP contribution in [0.3, 0.4) is 0 Å². The molecule has 0 fully saturated rings. The maximum atomic E-state index is 5.71. The molecule has 7 heteroatoms. The molecule has 0 heterocycles. The van der Waals surface area contributed by atoms with Crippen LogP contribution < -0.4 is 0 Å². The standard InChI is InChI=1S/C11H28O5Si2/c1-7-8-9-10-17(12-2,13-3)11-18(14-4,15-5)16-6/h7-11H2,1-6H3. The Labute approximate surface area is 113 Å². The van der Waals surface area contributed by atoms with E-state index in [4.69, 9.17) is 22.1 Å². The number of hydrogen-bond donors (Lipinski definition) is 0. The first-order valence-corrected chi connectivity index (χ1v) is 10.5. The molecule has 0 aliphatic rings. The highest BCUT2D eigenvalue weighted by Crippen LogP contribution is 2.28. The van der Waals surface area contributed by atoms with Crippen molar-refractivity contribution >= 4 is 17.4 Å². The molecule has 0 aromatic rings. The van der Waals surface area contributed by atoms with Crippen molar-refractivity contribution in [3.05, 3.63) is 0 Å². The van der Waals surface area contributed by atoms with Gasteiger partial charge < -0.3 is 22.1 Å². The van der Waals surface area contributed by atoms with Crippen LogP contribution in [0, 0.1) is 0 Å². The summed E-state index contributed by atoms with van der Waals surface area (Å²) < 4.78 is 27.8. The van der Waals surface area contributed by atoms with Crippen LogP contribution in [0.15, 0.2) is 0 Å². The summed E-state index contributed by atoms with van der Waals surface area (Å²) in [5, 5.41) is 0. The van der Waals surface area contributed by atoms with Gasteiger partial charge in [0.15, 0.2) is 0 Å². The van der Waals surface area contributed by atoms with Gasteiger partial charge in [-0.15, -0.1) is 0 Å². The molecule has 0 rings (SSSR count). The van der Waals surface area contributed by atoms with Crippen LogP contribution in [0.2, 0.25) is 11.7 Å². The molecule has 18 heavy (non-hydrogen) atoms. The lowest BCUT2D eigenvalue weighted by atomic mass is 10.3. The highest BCUT2D eigenvalue weighted by Gasteiger charge is 2.51. The topological polar surface area (TPSA) is 46.2 Å². The monoisotopic (exact) mass is 296 g/mol. The van der Waals surface area contributed by atoms with Crippen LogP contribution >= 0.6 is 0 Å². The summed E-state index contributed by atoms with van der Waals surface area (Å²) in [6.45, 7) is 2.18. The molecule has 0 radical (unpaired) electrons. The molecule has 0 aromatic carbocycles. The molecule has 0 aliphatic carbocycles. The molecular formula is C11H28O5Si2. The van der Waals surface area contributed by atoms with E-state index in [1.807, 2.05) is 0 Å². The normalized spacial score (nSPS) is 13.0. The van der Waals surface area contributed by atoms with Crippen molar-refractivity contribution in [2.24, 2.45) is 0 Å². The Morgan fingerprint density at radius 1 is 0.722 bits per heavy atom. The Morgan fingerprint density at radius 2 is 1.22 bits per heavy atom. The van der Waals surface area contributed by atoms with Gasteiger partial charge in [0.1, 0.15) is 0 Å². The zero-order chi connectivity index (χ0) is 14.1. The first-order valence-electron chi connectivity index (χ1n) is 6.33. The lowest BCUT2D eigenvalue weighted by molar-refractivity contribution is 0.122. The first-order chi connectivity index (χ1) is 8.57. The van der Waals surface area contributed by atoms with Crippen LogP contribution in [-0.2, 0) is 22.1 Å². The van der Waals surface area contributed by atoms with E-state index in [1.165, 1.54) is 12.8 Å². The van der Waals surface area contributed by atoms with Crippen LogP contribution in [0.1, 0.15) is 26.2 Å². The fraction of sp³-hybridized carbons (Fsp3) is 1.00. The van der Waals surface area contributed by atoms with Gasteiger partial charge in [0.25, 0.3) is 0 Å². The van der Waals surface area contributed by atoms with E-state index in [0.717, 1.165) is 12.5 Å². The molecule has 110 valence electrons. The smallest absolute Gasteiger partial charge is 0.398 e. The van der Waals surface area contributed by atoms with E-state index < -0.39 is 17.4 Å². The van der Waals surface area contributed by atoms with Gasteiger partial charge in [-0.2, -0.15) is 0 Å². The average Bonchev–Trinajstić information content (AvgIpc) is 2.44. The Hall–Kier alpha value is 0.234. The third-order valence-electron chi connectivity index (χ3n) is 3.32. The predicted molar refractivity (Wildman–Crippen MR) is 75.7 cm³/mol. The molecule has 0 N–H and O–H groups in total. The Bertz CT molecular complexity index is 199. The van der Waals surface area contributed by atoms with Crippen LogP contribution in [0.5, 0.6) is 0 Å². The van der Waals surface area contributed by atoms with E-state index in [-0.39, 0.29) is 0 Å². The fourth-order valence-electron chi connectivity index (χ4n) is 1.96. The summed E-state index contributed by atoms with van der Waals surface area (Å²) in [4.78, 5) is 0. The highest BCUT2D eigenvalue weighted by atomic mass is 28.4. The number of rotatable bonds is 11. The maximum Gasteiger partial charge on any atom is 0.502 e.